The predicted octanol–water partition coefficient (Wildman–Crippen LogP) is 2.90. The Labute approximate surface area is 81.6 Å². The maximum absolute atomic E-state index is 5.75. The van der Waals surface area contributed by atoms with E-state index in [0.29, 0.717) is 5.28 Å². The van der Waals surface area contributed by atoms with Crippen LogP contribution in [-0.4, -0.2) is 9.97 Å². The average molecular weight is 193 g/mol. The van der Waals surface area contributed by atoms with Crippen LogP contribution in [0.1, 0.15) is 11.3 Å². The van der Waals surface area contributed by atoms with Crippen molar-refractivity contribution in [2.45, 2.75) is 13.8 Å². The number of hydrogen-bond donors (Lipinski definition) is 0. The van der Waals surface area contributed by atoms with Crippen molar-refractivity contribution in [3.8, 4) is 0 Å². The lowest BCUT2D eigenvalue weighted by Gasteiger charge is -2.01. The van der Waals surface area contributed by atoms with E-state index in [4.69, 9.17) is 11.6 Å². The van der Waals surface area contributed by atoms with Crippen molar-refractivity contribution in [1.82, 2.24) is 9.97 Å². The minimum absolute atomic E-state index is 0.315. The fraction of sp³-hybridized carbons (Fsp3) is 0.200. The number of hydrogen-bond acceptors (Lipinski definition) is 2. The van der Waals surface area contributed by atoms with E-state index in [2.05, 4.69) is 9.97 Å². The van der Waals surface area contributed by atoms with Crippen molar-refractivity contribution < 1.29 is 0 Å². The van der Waals surface area contributed by atoms with Crippen LogP contribution in [-0.2, 0) is 0 Å². The minimum Gasteiger partial charge on any atom is -0.223 e. The van der Waals surface area contributed by atoms with Crippen LogP contribution in [0.3, 0.4) is 0 Å². The Balaban J connectivity index is 2.86. The molecule has 2 rings (SSSR count). The highest BCUT2D eigenvalue weighted by Gasteiger charge is 2.01. The zero-order chi connectivity index (χ0) is 9.42. The lowest BCUT2D eigenvalue weighted by Crippen LogP contribution is -1.89. The molecule has 0 N–H and O–H groups in total. The molecule has 1 aromatic heterocycles. The van der Waals surface area contributed by atoms with Gasteiger partial charge in [-0.1, -0.05) is 12.1 Å². The van der Waals surface area contributed by atoms with Crippen molar-refractivity contribution >= 4 is 22.5 Å². The highest BCUT2D eigenvalue weighted by Crippen LogP contribution is 2.18. The number of nitrogens with zero attached hydrogens (tertiary/aromatic N) is 2. The van der Waals surface area contributed by atoms with E-state index in [9.17, 15) is 0 Å². The van der Waals surface area contributed by atoms with Crippen LogP contribution in [0.2, 0.25) is 5.28 Å². The summed E-state index contributed by atoms with van der Waals surface area (Å²) in [5.74, 6) is 0. The first kappa shape index (κ1) is 8.45. The molecule has 13 heavy (non-hydrogen) atoms. The van der Waals surface area contributed by atoms with Crippen LogP contribution < -0.4 is 0 Å². The molecule has 0 amide bonds. The number of benzene rings is 1. The molecule has 0 aliphatic rings. The van der Waals surface area contributed by atoms with Gasteiger partial charge >= 0.3 is 0 Å². The molecule has 0 atom stereocenters. The number of halogens is 1. The van der Waals surface area contributed by atoms with E-state index in [1.165, 1.54) is 5.56 Å². The molecular formula is C10H9ClN2. The molecule has 0 fully saturated rings. The third-order valence-corrected chi connectivity index (χ3v) is 2.18. The monoisotopic (exact) mass is 192 g/mol. The third-order valence-electron chi connectivity index (χ3n) is 2.02. The van der Waals surface area contributed by atoms with Crippen molar-refractivity contribution in [2.75, 3.05) is 0 Å². The predicted molar refractivity (Wildman–Crippen MR) is 54.0 cm³/mol. The van der Waals surface area contributed by atoms with Gasteiger partial charge in [-0.25, -0.2) is 9.97 Å². The molecule has 0 unspecified atom stereocenters. The quantitative estimate of drug-likeness (QED) is 0.600. The van der Waals surface area contributed by atoms with Gasteiger partial charge in [0.25, 0.3) is 0 Å². The summed E-state index contributed by atoms with van der Waals surface area (Å²) in [7, 11) is 0. The Morgan fingerprint density at radius 3 is 2.69 bits per heavy atom. The van der Waals surface area contributed by atoms with Gasteiger partial charge in [-0.15, -0.1) is 0 Å². The second-order valence-electron chi connectivity index (χ2n) is 3.10. The fourth-order valence-electron chi connectivity index (χ4n) is 1.36. The standard InChI is InChI=1S/C10H9ClN2/c1-6-3-4-8-7(2)12-10(11)13-9(8)5-6/h3-5H,1-2H3. The van der Waals surface area contributed by atoms with Crippen LogP contribution in [0.5, 0.6) is 0 Å². The molecular weight excluding hydrogens is 184 g/mol. The van der Waals surface area contributed by atoms with Gasteiger partial charge in [0.05, 0.1) is 11.2 Å². The van der Waals surface area contributed by atoms with Crippen LogP contribution in [0.4, 0.5) is 0 Å². The highest BCUT2D eigenvalue weighted by molar-refractivity contribution is 6.28. The van der Waals surface area contributed by atoms with E-state index in [1.807, 2.05) is 32.0 Å². The molecule has 2 nitrogen and oxygen atoms in total. The largest absolute Gasteiger partial charge is 0.223 e. The van der Waals surface area contributed by atoms with Gasteiger partial charge in [-0.3, -0.25) is 0 Å². The highest BCUT2D eigenvalue weighted by atomic mass is 35.5. The summed E-state index contributed by atoms with van der Waals surface area (Å²) in [6, 6.07) is 6.08. The Morgan fingerprint density at radius 2 is 1.92 bits per heavy atom. The maximum atomic E-state index is 5.75. The SMILES string of the molecule is Cc1ccc2c(C)nc(Cl)nc2c1. The van der Waals surface area contributed by atoms with Crippen molar-refractivity contribution in [1.29, 1.82) is 0 Å². The van der Waals surface area contributed by atoms with Gasteiger partial charge in [0.2, 0.25) is 5.28 Å². The molecule has 0 saturated heterocycles. The van der Waals surface area contributed by atoms with Crippen molar-refractivity contribution in [3.05, 3.63) is 34.7 Å². The van der Waals surface area contributed by atoms with E-state index < -0.39 is 0 Å². The lowest BCUT2D eigenvalue weighted by molar-refractivity contribution is 1.15. The first-order valence-corrected chi connectivity index (χ1v) is 4.45. The summed E-state index contributed by atoms with van der Waals surface area (Å²) in [4.78, 5) is 8.24. The first-order valence-electron chi connectivity index (χ1n) is 4.07. The molecule has 0 aliphatic heterocycles. The molecule has 0 spiro atoms. The third kappa shape index (κ3) is 1.49. The summed E-state index contributed by atoms with van der Waals surface area (Å²) in [5.41, 5.74) is 3.02. The summed E-state index contributed by atoms with van der Waals surface area (Å²) in [6.07, 6.45) is 0. The Bertz CT molecular complexity index is 460. The van der Waals surface area contributed by atoms with Crippen molar-refractivity contribution in [2.24, 2.45) is 0 Å². The van der Waals surface area contributed by atoms with Crippen LogP contribution >= 0.6 is 11.6 Å². The fourth-order valence-corrected chi connectivity index (χ4v) is 1.58. The molecule has 0 saturated carbocycles. The number of rotatable bonds is 0. The first-order chi connectivity index (χ1) is 6.16. The van der Waals surface area contributed by atoms with E-state index >= 15 is 0 Å². The minimum atomic E-state index is 0.315. The smallest absolute Gasteiger partial charge is 0.223 e. The van der Waals surface area contributed by atoms with Crippen molar-refractivity contribution in [3.63, 3.8) is 0 Å². The van der Waals surface area contributed by atoms with Gasteiger partial charge in [-0.2, -0.15) is 0 Å². The van der Waals surface area contributed by atoms with Crippen LogP contribution in [0.25, 0.3) is 10.9 Å². The zero-order valence-electron chi connectivity index (χ0n) is 7.50. The maximum Gasteiger partial charge on any atom is 0.223 e. The normalized spacial score (nSPS) is 10.7. The average Bonchev–Trinajstić information content (AvgIpc) is 2.02. The summed E-state index contributed by atoms with van der Waals surface area (Å²) in [6.45, 7) is 3.97. The van der Waals surface area contributed by atoms with Gasteiger partial charge in [0, 0.05) is 5.39 Å². The molecule has 0 radical (unpaired) electrons. The molecule has 0 aliphatic carbocycles. The summed E-state index contributed by atoms with van der Waals surface area (Å²) < 4.78 is 0. The van der Waals surface area contributed by atoms with Crippen LogP contribution in [0, 0.1) is 13.8 Å². The zero-order valence-corrected chi connectivity index (χ0v) is 8.26. The van der Waals surface area contributed by atoms with Gasteiger partial charge in [-0.05, 0) is 37.1 Å². The number of fused-ring (bicyclic) bond motifs is 1. The molecule has 0 bridgehead atoms. The molecule has 1 heterocycles. The number of aromatic nitrogens is 2. The lowest BCUT2D eigenvalue weighted by atomic mass is 10.1. The molecule has 66 valence electrons. The molecule has 1 aromatic carbocycles. The Hall–Kier alpha value is -1.15. The second-order valence-corrected chi connectivity index (χ2v) is 3.44. The Morgan fingerprint density at radius 1 is 1.15 bits per heavy atom. The molecule has 2 aromatic rings. The second kappa shape index (κ2) is 2.96. The topological polar surface area (TPSA) is 25.8 Å². The molecule has 3 heteroatoms. The van der Waals surface area contributed by atoms with Gasteiger partial charge in [0.1, 0.15) is 0 Å². The van der Waals surface area contributed by atoms with Gasteiger partial charge < -0.3 is 0 Å². The van der Waals surface area contributed by atoms with Gasteiger partial charge in [0.15, 0.2) is 0 Å². The number of aryl methyl sites for hydroxylation is 2. The summed E-state index contributed by atoms with van der Waals surface area (Å²) in [5, 5.41) is 1.38. The summed E-state index contributed by atoms with van der Waals surface area (Å²) >= 11 is 5.75. The van der Waals surface area contributed by atoms with E-state index in [-0.39, 0.29) is 0 Å². The van der Waals surface area contributed by atoms with E-state index in [0.717, 1.165) is 16.6 Å². The Kier molecular flexibility index (Phi) is 1.93. The van der Waals surface area contributed by atoms with Crippen LogP contribution in [0.15, 0.2) is 18.2 Å². The van der Waals surface area contributed by atoms with E-state index in [1.54, 1.807) is 0 Å².